The molecule has 2 N–H and O–H groups in total. The summed E-state index contributed by atoms with van der Waals surface area (Å²) in [5, 5.41) is 0. The van der Waals surface area contributed by atoms with E-state index in [0.717, 1.165) is 0 Å². The summed E-state index contributed by atoms with van der Waals surface area (Å²) in [7, 11) is 0. The molecule has 0 atom stereocenters. The maximum Gasteiger partial charge on any atom is 0.0801 e. The van der Waals surface area contributed by atoms with Crippen molar-refractivity contribution in [3.8, 4) is 0 Å². The summed E-state index contributed by atoms with van der Waals surface area (Å²) in [5.74, 6) is 0. The summed E-state index contributed by atoms with van der Waals surface area (Å²) in [4.78, 5) is 4.20. The van der Waals surface area contributed by atoms with Gasteiger partial charge in [0.2, 0.25) is 0 Å². The van der Waals surface area contributed by atoms with Gasteiger partial charge in [-0.3, -0.25) is 4.99 Å². The third-order valence-corrected chi connectivity index (χ3v) is 2.12. The Balaban J connectivity index is 2.28. The van der Waals surface area contributed by atoms with Crippen molar-refractivity contribution in [3.05, 3.63) is 0 Å². The van der Waals surface area contributed by atoms with Gasteiger partial charge in [0.05, 0.1) is 12.4 Å². The number of hydrogen-bond donors (Lipinski definition) is 1. The van der Waals surface area contributed by atoms with E-state index < -0.39 is 0 Å². The molecule has 1 fully saturated rings. The van der Waals surface area contributed by atoms with Crippen LogP contribution in [0.3, 0.4) is 0 Å². The third kappa shape index (κ3) is 2.38. The first-order valence-corrected chi connectivity index (χ1v) is 4.17. The molecule has 1 aliphatic rings. The highest BCUT2D eigenvalue weighted by atomic mass is 14.8. The van der Waals surface area contributed by atoms with Gasteiger partial charge >= 0.3 is 0 Å². The molecule has 0 aliphatic heterocycles. The molecule has 0 saturated heterocycles. The van der Waals surface area contributed by atoms with Gasteiger partial charge in [-0.2, -0.15) is 0 Å². The summed E-state index contributed by atoms with van der Waals surface area (Å²) < 4.78 is 0. The number of rotatable bonds is 1. The minimum Gasteiger partial charge on any atom is -0.390 e. The molecule has 1 saturated carbocycles. The van der Waals surface area contributed by atoms with Crippen molar-refractivity contribution in [1.82, 2.24) is 0 Å². The van der Waals surface area contributed by atoms with Crippen LogP contribution in [-0.4, -0.2) is 12.4 Å². The van der Waals surface area contributed by atoms with Crippen LogP contribution in [0.4, 0.5) is 0 Å². The van der Waals surface area contributed by atoms with Crippen molar-refractivity contribution in [2.45, 2.75) is 44.6 Å². The molecule has 0 radical (unpaired) electrons. The van der Waals surface area contributed by atoms with Crippen LogP contribution in [0.2, 0.25) is 0 Å². The van der Waals surface area contributed by atoms with Gasteiger partial charge in [-0.05, 0) is 12.8 Å². The van der Waals surface area contributed by atoms with E-state index in [-0.39, 0.29) is 0 Å². The lowest BCUT2D eigenvalue weighted by molar-refractivity contribution is 0.587. The van der Waals surface area contributed by atoms with E-state index in [1.54, 1.807) is 0 Å². The molecule has 0 unspecified atom stereocenters. The Bertz CT molecular complexity index is 102. The first-order chi connectivity index (χ1) is 4.93. The van der Waals surface area contributed by atoms with Gasteiger partial charge in [-0.15, -0.1) is 0 Å². The van der Waals surface area contributed by atoms with Crippen molar-refractivity contribution in [2.24, 2.45) is 10.7 Å². The highest BCUT2D eigenvalue weighted by Gasteiger charge is 2.08. The number of hydrogen-bond acceptors (Lipinski definition) is 1. The van der Waals surface area contributed by atoms with E-state index in [1.807, 2.05) is 0 Å². The number of aliphatic imine (C=N–C) groups is 1. The Labute approximate surface area is 62.5 Å². The quantitative estimate of drug-likeness (QED) is 0.336. The maximum atomic E-state index is 5.22. The van der Waals surface area contributed by atoms with Crippen molar-refractivity contribution in [3.63, 3.8) is 0 Å². The largest absolute Gasteiger partial charge is 0.390 e. The van der Waals surface area contributed by atoms with E-state index in [4.69, 9.17) is 5.73 Å². The zero-order valence-corrected chi connectivity index (χ0v) is 6.42. The molecule has 10 heavy (non-hydrogen) atoms. The number of nitrogens with zero attached hydrogens (tertiary/aromatic N) is 1. The molecule has 2 nitrogen and oxygen atoms in total. The van der Waals surface area contributed by atoms with Gasteiger partial charge in [0.25, 0.3) is 0 Å². The van der Waals surface area contributed by atoms with E-state index in [0.29, 0.717) is 6.04 Å². The van der Waals surface area contributed by atoms with Crippen LogP contribution in [0, 0.1) is 0 Å². The van der Waals surface area contributed by atoms with Gasteiger partial charge in [0, 0.05) is 0 Å². The molecule has 0 bridgehead atoms. The second kappa shape index (κ2) is 4.31. The van der Waals surface area contributed by atoms with Crippen molar-refractivity contribution in [1.29, 1.82) is 0 Å². The van der Waals surface area contributed by atoms with Gasteiger partial charge in [0.15, 0.2) is 0 Å². The predicted molar refractivity (Wildman–Crippen MR) is 44.2 cm³/mol. The molecule has 58 valence electrons. The second-order valence-electron chi connectivity index (χ2n) is 2.94. The standard InChI is InChI=1S/C8H16N2/c9-7-10-8-5-3-1-2-4-6-8/h7-8H,1-6H2,(H2,9,10). The SMILES string of the molecule is NC=NC1CCCCCC1. The van der Waals surface area contributed by atoms with Gasteiger partial charge in [-0.25, -0.2) is 0 Å². The molecule has 1 rings (SSSR count). The van der Waals surface area contributed by atoms with Crippen LogP contribution in [0.1, 0.15) is 38.5 Å². The van der Waals surface area contributed by atoms with Crippen molar-refractivity contribution >= 4 is 6.34 Å². The van der Waals surface area contributed by atoms with Crippen LogP contribution in [0.5, 0.6) is 0 Å². The maximum absolute atomic E-state index is 5.22. The molecule has 0 spiro atoms. The van der Waals surface area contributed by atoms with Crippen molar-refractivity contribution in [2.75, 3.05) is 0 Å². The highest BCUT2D eigenvalue weighted by molar-refractivity contribution is 5.51. The van der Waals surface area contributed by atoms with Crippen LogP contribution in [0.15, 0.2) is 4.99 Å². The molecule has 0 aromatic heterocycles. The van der Waals surface area contributed by atoms with Crippen LogP contribution < -0.4 is 5.73 Å². The van der Waals surface area contributed by atoms with Crippen molar-refractivity contribution < 1.29 is 0 Å². The minimum absolute atomic E-state index is 0.535. The molecule has 0 aromatic rings. The summed E-state index contributed by atoms with van der Waals surface area (Å²) >= 11 is 0. The van der Waals surface area contributed by atoms with E-state index in [9.17, 15) is 0 Å². The van der Waals surface area contributed by atoms with Gasteiger partial charge in [-0.1, -0.05) is 25.7 Å². The first kappa shape index (κ1) is 7.58. The fourth-order valence-corrected chi connectivity index (χ4v) is 1.53. The normalized spacial score (nSPS) is 23.2. The monoisotopic (exact) mass is 140 g/mol. The Hall–Kier alpha value is -0.530. The lowest BCUT2D eigenvalue weighted by Gasteiger charge is -2.05. The molecule has 2 heteroatoms. The lowest BCUT2D eigenvalue weighted by atomic mass is 10.1. The van der Waals surface area contributed by atoms with E-state index >= 15 is 0 Å². The zero-order valence-electron chi connectivity index (χ0n) is 6.42. The fourth-order valence-electron chi connectivity index (χ4n) is 1.53. The molecule has 0 aromatic carbocycles. The van der Waals surface area contributed by atoms with Gasteiger partial charge < -0.3 is 5.73 Å². The first-order valence-electron chi connectivity index (χ1n) is 4.17. The van der Waals surface area contributed by atoms with Crippen LogP contribution in [-0.2, 0) is 0 Å². The summed E-state index contributed by atoms with van der Waals surface area (Å²) in [6.07, 6.45) is 9.38. The topological polar surface area (TPSA) is 38.4 Å². The Morgan fingerprint density at radius 3 is 2.20 bits per heavy atom. The van der Waals surface area contributed by atoms with Crippen LogP contribution >= 0.6 is 0 Å². The Kier molecular flexibility index (Phi) is 3.27. The molecular weight excluding hydrogens is 124 g/mol. The number of nitrogens with two attached hydrogens (primary N) is 1. The zero-order chi connectivity index (χ0) is 7.23. The molecular formula is C8H16N2. The second-order valence-corrected chi connectivity index (χ2v) is 2.94. The summed E-state index contributed by atoms with van der Waals surface area (Å²) in [6.45, 7) is 0. The Morgan fingerprint density at radius 2 is 1.70 bits per heavy atom. The highest BCUT2D eigenvalue weighted by Crippen LogP contribution is 2.18. The smallest absolute Gasteiger partial charge is 0.0801 e. The minimum atomic E-state index is 0.535. The average Bonchev–Trinajstić information content (AvgIpc) is 2.17. The van der Waals surface area contributed by atoms with Gasteiger partial charge in [0.1, 0.15) is 0 Å². The lowest BCUT2D eigenvalue weighted by Crippen LogP contribution is -2.04. The van der Waals surface area contributed by atoms with Crippen LogP contribution in [0.25, 0.3) is 0 Å². The molecule has 0 heterocycles. The van der Waals surface area contributed by atoms with E-state index in [2.05, 4.69) is 4.99 Å². The summed E-state index contributed by atoms with van der Waals surface area (Å²) in [6, 6.07) is 0.535. The third-order valence-electron chi connectivity index (χ3n) is 2.12. The van der Waals surface area contributed by atoms with E-state index in [1.165, 1.54) is 44.9 Å². The molecule has 1 aliphatic carbocycles. The summed E-state index contributed by atoms with van der Waals surface area (Å²) in [5.41, 5.74) is 5.22. The molecule has 0 amide bonds. The fraction of sp³-hybridized carbons (Fsp3) is 0.875. The Morgan fingerprint density at radius 1 is 1.10 bits per heavy atom. The average molecular weight is 140 g/mol. The predicted octanol–water partition coefficient (Wildman–Crippen LogP) is 1.70.